The van der Waals surface area contributed by atoms with Gasteiger partial charge in [-0.25, -0.2) is 0 Å². The summed E-state index contributed by atoms with van der Waals surface area (Å²) in [5, 5.41) is 11.3. The summed E-state index contributed by atoms with van der Waals surface area (Å²) in [7, 11) is 0. The molecule has 0 aliphatic carbocycles. The van der Waals surface area contributed by atoms with Crippen LogP contribution in [0.4, 0.5) is 5.69 Å². The van der Waals surface area contributed by atoms with Crippen LogP contribution in [0.3, 0.4) is 0 Å². The molecular weight excluding hydrogens is 254 g/mol. The van der Waals surface area contributed by atoms with E-state index in [2.05, 4.69) is 10.3 Å². The molecule has 0 saturated carbocycles. The fraction of sp³-hybridized carbons (Fsp3) is 0.133. The van der Waals surface area contributed by atoms with Crippen molar-refractivity contribution in [2.75, 3.05) is 11.9 Å². The van der Waals surface area contributed by atoms with Gasteiger partial charge in [-0.2, -0.15) is 5.26 Å². The lowest BCUT2D eigenvalue weighted by Gasteiger charge is -2.11. The Kier molecular flexibility index (Phi) is 4.30. The summed E-state index contributed by atoms with van der Waals surface area (Å²) in [6.07, 6.45) is 1.64. The fourth-order valence-electron chi connectivity index (χ4n) is 1.72. The molecule has 1 amide bonds. The van der Waals surface area contributed by atoms with Gasteiger partial charge in [0.1, 0.15) is 11.8 Å². The van der Waals surface area contributed by atoms with Crippen LogP contribution in [-0.2, 0) is 0 Å². The Morgan fingerprint density at radius 1 is 1.35 bits per heavy atom. The van der Waals surface area contributed by atoms with Crippen molar-refractivity contribution in [2.24, 2.45) is 0 Å². The number of benzene rings is 1. The van der Waals surface area contributed by atoms with E-state index in [4.69, 9.17) is 10.00 Å². The zero-order valence-electron chi connectivity index (χ0n) is 11.0. The highest BCUT2D eigenvalue weighted by molar-refractivity contribution is 6.05. The summed E-state index contributed by atoms with van der Waals surface area (Å²) >= 11 is 0. The third kappa shape index (κ3) is 3.12. The largest absolute Gasteiger partial charge is 0.477 e. The highest BCUT2D eigenvalue weighted by atomic mass is 16.5. The van der Waals surface area contributed by atoms with Gasteiger partial charge in [0.15, 0.2) is 6.61 Å². The summed E-state index contributed by atoms with van der Waals surface area (Å²) in [5.74, 6) is 0.201. The second-order valence-corrected chi connectivity index (χ2v) is 4.03. The van der Waals surface area contributed by atoms with Gasteiger partial charge in [-0.1, -0.05) is 12.1 Å². The van der Waals surface area contributed by atoms with Gasteiger partial charge in [0.05, 0.1) is 11.3 Å². The first-order valence-corrected chi connectivity index (χ1v) is 6.04. The molecule has 1 heterocycles. The number of hydrogen-bond donors (Lipinski definition) is 1. The SMILES string of the molecule is Cc1ncccc1C(=O)Nc1ccccc1OCC#N. The number of aromatic nitrogens is 1. The van der Waals surface area contributed by atoms with Crippen molar-refractivity contribution < 1.29 is 9.53 Å². The molecule has 0 bridgehead atoms. The highest BCUT2D eigenvalue weighted by Gasteiger charge is 2.12. The summed E-state index contributed by atoms with van der Waals surface area (Å²) in [4.78, 5) is 16.3. The number of nitriles is 1. The summed E-state index contributed by atoms with van der Waals surface area (Å²) in [6, 6.07) is 12.3. The fourth-order valence-corrected chi connectivity index (χ4v) is 1.72. The molecule has 0 unspecified atom stereocenters. The zero-order valence-corrected chi connectivity index (χ0v) is 11.0. The van der Waals surface area contributed by atoms with E-state index in [9.17, 15) is 4.79 Å². The number of hydrogen-bond acceptors (Lipinski definition) is 4. The Morgan fingerprint density at radius 2 is 2.15 bits per heavy atom. The molecule has 5 nitrogen and oxygen atoms in total. The molecule has 1 aromatic carbocycles. The monoisotopic (exact) mass is 267 g/mol. The van der Waals surface area contributed by atoms with Crippen LogP contribution in [0.25, 0.3) is 0 Å². The molecule has 1 N–H and O–H groups in total. The van der Waals surface area contributed by atoms with E-state index in [0.29, 0.717) is 22.7 Å². The minimum Gasteiger partial charge on any atom is -0.477 e. The molecule has 100 valence electrons. The van der Waals surface area contributed by atoms with Crippen molar-refractivity contribution in [1.29, 1.82) is 5.26 Å². The molecule has 0 fully saturated rings. The number of carbonyl (C=O) groups excluding carboxylic acids is 1. The van der Waals surface area contributed by atoms with Gasteiger partial charge in [0, 0.05) is 11.9 Å². The number of aryl methyl sites for hydroxylation is 1. The van der Waals surface area contributed by atoms with E-state index in [1.165, 1.54) is 0 Å². The van der Waals surface area contributed by atoms with Gasteiger partial charge in [-0.3, -0.25) is 9.78 Å². The van der Waals surface area contributed by atoms with Gasteiger partial charge in [0.25, 0.3) is 5.91 Å². The van der Waals surface area contributed by atoms with Crippen LogP contribution < -0.4 is 10.1 Å². The van der Waals surface area contributed by atoms with E-state index in [1.807, 2.05) is 6.07 Å². The lowest BCUT2D eigenvalue weighted by atomic mass is 10.2. The molecule has 2 aromatic rings. The number of nitrogens with zero attached hydrogens (tertiary/aromatic N) is 2. The van der Waals surface area contributed by atoms with Crippen molar-refractivity contribution in [3.8, 4) is 11.8 Å². The third-order valence-electron chi connectivity index (χ3n) is 2.68. The van der Waals surface area contributed by atoms with Crippen molar-refractivity contribution in [3.05, 3.63) is 53.9 Å². The van der Waals surface area contributed by atoms with Gasteiger partial charge in [-0.05, 0) is 31.2 Å². The topological polar surface area (TPSA) is 75.0 Å². The van der Waals surface area contributed by atoms with Crippen LogP contribution in [0.1, 0.15) is 16.1 Å². The van der Waals surface area contributed by atoms with Crippen LogP contribution in [-0.4, -0.2) is 17.5 Å². The minimum atomic E-state index is -0.261. The first-order chi connectivity index (χ1) is 9.72. The number of amides is 1. The predicted octanol–water partition coefficient (Wildman–Crippen LogP) is 2.54. The Labute approximate surface area is 116 Å². The van der Waals surface area contributed by atoms with Crippen molar-refractivity contribution in [1.82, 2.24) is 4.98 Å². The van der Waals surface area contributed by atoms with Crippen molar-refractivity contribution >= 4 is 11.6 Å². The smallest absolute Gasteiger partial charge is 0.257 e. The van der Waals surface area contributed by atoms with Gasteiger partial charge < -0.3 is 10.1 Å². The van der Waals surface area contributed by atoms with E-state index >= 15 is 0 Å². The molecule has 5 heteroatoms. The summed E-state index contributed by atoms with van der Waals surface area (Å²) in [5.41, 5.74) is 1.68. The third-order valence-corrected chi connectivity index (χ3v) is 2.68. The number of rotatable bonds is 4. The van der Waals surface area contributed by atoms with E-state index in [1.54, 1.807) is 49.5 Å². The number of para-hydroxylation sites is 2. The normalized spacial score (nSPS) is 9.60. The van der Waals surface area contributed by atoms with Gasteiger partial charge >= 0.3 is 0 Å². The molecule has 0 saturated heterocycles. The van der Waals surface area contributed by atoms with Crippen LogP contribution >= 0.6 is 0 Å². The predicted molar refractivity (Wildman–Crippen MR) is 74.5 cm³/mol. The van der Waals surface area contributed by atoms with Crippen LogP contribution in [0, 0.1) is 18.3 Å². The van der Waals surface area contributed by atoms with Gasteiger partial charge in [-0.15, -0.1) is 0 Å². The molecule has 0 radical (unpaired) electrons. The molecule has 0 aliphatic rings. The number of ether oxygens (including phenoxy) is 1. The Morgan fingerprint density at radius 3 is 2.90 bits per heavy atom. The molecule has 0 aliphatic heterocycles. The minimum absolute atomic E-state index is 0.0706. The van der Waals surface area contributed by atoms with Crippen LogP contribution in [0.2, 0.25) is 0 Å². The quantitative estimate of drug-likeness (QED) is 0.923. The standard InChI is InChI=1S/C15H13N3O2/c1-11-12(5-4-9-17-11)15(19)18-13-6-2-3-7-14(13)20-10-8-16/h2-7,9H,10H2,1H3,(H,18,19). The average Bonchev–Trinajstić information content (AvgIpc) is 2.46. The van der Waals surface area contributed by atoms with Crippen molar-refractivity contribution in [3.63, 3.8) is 0 Å². The second kappa shape index (κ2) is 6.34. The lowest BCUT2D eigenvalue weighted by Crippen LogP contribution is -2.14. The second-order valence-electron chi connectivity index (χ2n) is 4.03. The maximum absolute atomic E-state index is 12.2. The number of pyridine rings is 1. The molecule has 20 heavy (non-hydrogen) atoms. The van der Waals surface area contributed by atoms with Crippen molar-refractivity contribution in [2.45, 2.75) is 6.92 Å². The first kappa shape index (κ1) is 13.6. The molecule has 2 rings (SSSR count). The number of carbonyl (C=O) groups is 1. The number of anilines is 1. The number of nitrogens with one attached hydrogen (secondary N) is 1. The van der Waals surface area contributed by atoms with E-state index in [-0.39, 0.29) is 12.5 Å². The first-order valence-electron chi connectivity index (χ1n) is 6.04. The van der Waals surface area contributed by atoms with E-state index in [0.717, 1.165) is 0 Å². The molecule has 0 atom stereocenters. The molecular formula is C15H13N3O2. The highest BCUT2D eigenvalue weighted by Crippen LogP contribution is 2.24. The Balaban J connectivity index is 2.20. The molecule has 0 spiro atoms. The van der Waals surface area contributed by atoms with Crippen LogP contribution in [0.15, 0.2) is 42.6 Å². The maximum Gasteiger partial charge on any atom is 0.257 e. The van der Waals surface area contributed by atoms with E-state index < -0.39 is 0 Å². The average molecular weight is 267 g/mol. The molecule has 1 aromatic heterocycles. The lowest BCUT2D eigenvalue weighted by molar-refractivity contribution is 0.102. The summed E-state index contributed by atoms with van der Waals surface area (Å²) in [6.45, 7) is 1.70. The van der Waals surface area contributed by atoms with Gasteiger partial charge in [0.2, 0.25) is 0 Å². The zero-order chi connectivity index (χ0) is 14.4. The Bertz CT molecular complexity index is 662. The summed E-state index contributed by atoms with van der Waals surface area (Å²) < 4.78 is 5.26. The van der Waals surface area contributed by atoms with Crippen LogP contribution in [0.5, 0.6) is 5.75 Å². The maximum atomic E-state index is 12.2. The Hall–Kier alpha value is -2.87.